The average molecular weight is 520 g/mol. The highest BCUT2D eigenvalue weighted by Crippen LogP contribution is 2.39. The van der Waals surface area contributed by atoms with Gasteiger partial charge in [-0.05, 0) is 38.1 Å². The predicted octanol–water partition coefficient (Wildman–Crippen LogP) is 3.52. The topological polar surface area (TPSA) is 100 Å². The van der Waals surface area contributed by atoms with Crippen LogP contribution in [0.4, 0.5) is 23.2 Å². The summed E-state index contributed by atoms with van der Waals surface area (Å²) in [5.41, 5.74) is 4.51. The monoisotopic (exact) mass is 519 g/mol. The van der Waals surface area contributed by atoms with E-state index in [0.717, 1.165) is 0 Å². The van der Waals surface area contributed by atoms with Gasteiger partial charge in [0.2, 0.25) is 11.8 Å². The van der Waals surface area contributed by atoms with Gasteiger partial charge < -0.3 is 21.3 Å². The Labute approximate surface area is 211 Å². The molecular weight excluding hydrogens is 490 g/mol. The number of aromatic nitrogens is 1. The summed E-state index contributed by atoms with van der Waals surface area (Å²) < 4.78 is 55.5. The van der Waals surface area contributed by atoms with Crippen LogP contribution in [-0.4, -0.2) is 66.8 Å². The average Bonchev–Trinajstić information content (AvgIpc) is 3.64. The van der Waals surface area contributed by atoms with Gasteiger partial charge in [0, 0.05) is 36.1 Å². The molecule has 1 aliphatic heterocycles. The Kier molecular flexibility index (Phi) is 7.54. The lowest BCUT2D eigenvalue weighted by atomic mass is 9.99. The van der Waals surface area contributed by atoms with Gasteiger partial charge in [-0.15, -0.1) is 0 Å². The van der Waals surface area contributed by atoms with Crippen LogP contribution in [0.1, 0.15) is 24.2 Å². The van der Waals surface area contributed by atoms with Gasteiger partial charge in [-0.25, -0.2) is 9.37 Å². The SMILES string of the molecule is C=C(c1nc(/C=C/CNC(=O)[C@H]2C[C@@H]2C(N)=O)cc2c(N[C@@H]3CCN(C)C[C@@H]3F)cccc12)C(F)(F)F. The van der Waals surface area contributed by atoms with Gasteiger partial charge in [0.25, 0.3) is 0 Å². The second-order valence-corrected chi connectivity index (χ2v) is 9.59. The first-order valence-corrected chi connectivity index (χ1v) is 12.0. The van der Waals surface area contributed by atoms with Crippen molar-refractivity contribution in [2.75, 3.05) is 32.0 Å². The minimum Gasteiger partial charge on any atom is -0.379 e. The summed E-state index contributed by atoms with van der Waals surface area (Å²) in [6.45, 7) is 4.28. The Morgan fingerprint density at radius 2 is 2.03 bits per heavy atom. The van der Waals surface area contributed by atoms with Gasteiger partial charge in [0.05, 0.1) is 34.8 Å². The zero-order valence-corrected chi connectivity index (χ0v) is 20.3. The second kappa shape index (κ2) is 10.5. The van der Waals surface area contributed by atoms with Crippen molar-refractivity contribution in [2.24, 2.45) is 17.6 Å². The number of halogens is 4. The number of anilines is 1. The fourth-order valence-electron chi connectivity index (χ4n) is 4.56. The lowest BCUT2D eigenvalue weighted by molar-refractivity contribution is -0.125. The molecule has 2 amide bonds. The van der Waals surface area contributed by atoms with Crippen molar-refractivity contribution in [3.8, 4) is 0 Å². The van der Waals surface area contributed by atoms with Crippen LogP contribution in [0.15, 0.2) is 36.9 Å². The number of likely N-dealkylation sites (tertiary alicyclic amines) is 1. The van der Waals surface area contributed by atoms with Crippen molar-refractivity contribution in [3.05, 3.63) is 48.3 Å². The maximum Gasteiger partial charge on any atom is 0.417 e. The van der Waals surface area contributed by atoms with Crippen molar-refractivity contribution in [3.63, 3.8) is 0 Å². The molecule has 1 aromatic heterocycles. The van der Waals surface area contributed by atoms with Gasteiger partial charge >= 0.3 is 6.18 Å². The third-order valence-electron chi connectivity index (χ3n) is 6.78. The number of hydrogen-bond acceptors (Lipinski definition) is 5. The lowest BCUT2D eigenvalue weighted by Gasteiger charge is -2.33. The quantitative estimate of drug-likeness (QED) is 0.464. The summed E-state index contributed by atoms with van der Waals surface area (Å²) in [6.07, 6.45) is -1.82. The molecule has 37 heavy (non-hydrogen) atoms. The number of amides is 2. The molecule has 1 saturated carbocycles. The number of carbonyl (C=O) groups is 2. The van der Waals surface area contributed by atoms with E-state index in [1.54, 1.807) is 24.3 Å². The van der Waals surface area contributed by atoms with Crippen molar-refractivity contribution >= 4 is 39.9 Å². The fourth-order valence-corrected chi connectivity index (χ4v) is 4.56. The standard InChI is InChI=1S/C26H29F4N5O2/c1-14(26(28,29)30)23-16-6-3-7-21(34-22-8-10-35(2)13-20(22)27)17(16)11-15(33-23)5-4-9-32-25(37)19-12-18(19)24(31)36/h3-7,11,18-20,22,34H,1,8-10,12-13H2,2H3,(H2,31,36)(H,32,37)/b5-4+/t18-,19-,20-,22+/m0/s1. The van der Waals surface area contributed by atoms with E-state index in [9.17, 15) is 27.2 Å². The number of nitrogens with zero attached hydrogens (tertiary/aromatic N) is 2. The summed E-state index contributed by atoms with van der Waals surface area (Å²) in [7, 11) is 1.84. The summed E-state index contributed by atoms with van der Waals surface area (Å²) in [5, 5.41) is 6.53. The van der Waals surface area contributed by atoms with Gasteiger partial charge in [-0.1, -0.05) is 24.8 Å². The zero-order valence-electron chi connectivity index (χ0n) is 20.3. The molecule has 0 radical (unpaired) electrons. The highest BCUT2D eigenvalue weighted by molar-refractivity contribution is 6.01. The van der Waals surface area contributed by atoms with Gasteiger partial charge in [-0.3, -0.25) is 9.59 Å². The maximum atomic E-state index is 14.7. The molecule has 11 heteroatoms. The molecule has 0 bridgehead atoms. The smallest absolute Gasteiger partial charge is 0.379 e. The van der Waals surface area contributed by atoms with Crippen molar-refractivity contribution in [1.29, 1.82) is 0 Å². The van der Waals surface area contributed by atoms with Gasteiger partial charge in [0.1, 0.15) is 6.17 Å². The van der Waals surface area contributed by atoms with Crippen molar-refractivity contribution < 1.29 is 27.2 Å². The minimum absolute atomic E-state index is 0.0924. The van der Waals surface area contributed by atoms with Crippen LogP contribution in [0.5, 0.6) is 0 Å². The molecule has 1 aliphatic carbocycles. The Morgan fingerprint density at radius 3 is 2.68 bits per heavy atom. The first kappa shape index (κ1) is 26.6. The number of fused-ring (bicyclic) bond motifs is 1. The summed E-state index contributed by atoms with van der Waals surface area (Å²) in [5.74, 6) is -1.73. The van der Waals surface area contributed by atoms with Crippen LogP contribution in [0.2, 0.25) is 0 Å². The molecule has 1 aromatic carbocycles. The molecule has 2 aromatic rings. The maximum absolute atomic E-state index is 14.7. The van der Waals surface area contributed by atoms with E-state index in [1.165, 1.54) is 12.1 Å². The number of hydrogen-bond donors (Lipinski definition) is 3. The Bertz CT molecular complexity index is 1250. The van der Waals surface area contributed by atoms with Crippen LogP contribution >= 0.6 is 0 Å². The number of piperidine rings is 1. The van der Waals surface area contributed by atoms with E-state index >= 15 is 0 Å². The molecule has 7 nitrogen and oxygen atoms in total. The summed E-state index contributed by atoms with van der Waals surface area (Å²) >= 11 is 0. The van der Waals surface area contributed by atoms with Crippen molar-refractivity contribution in [1.82, 2.24) is 15.2 Å². The number of rotatable bonds is 8. The van der Waals surface area contributed by atoms with Crippen LogP contribution < -0.4 is 16.4 Å². The van der Waals surface area contributed by atoms with E-state index in [-0.39, 0.29) is 35.8 Å². The van der Waals surface area contributed by atoms with Gasteiger partial charge in [0.15, 0.2) is 0 Å². The minimum atomic E-state index is -4.70. The van der Waals surface area contributed by atoms with Crippen LogP contribution in [-0.2, 0) is 9.59 Å². The van der Waals surface area contributed by atoms with E-state index in [4.69, 9.17) is 5.73 Å². The second-order valence-electron chi connectivity index (χ2n) is 9.59. The van der Waals surface area contributed by atoms with Crippen LogP contribution in [0.25, 0.3) is 22.4 Å². The zero-order chi connectivity index (χ0) is 26.9. The number of pyridine rings is 1. The molecule has 4 rings (SSSR count). The van der Waals surface area contributed by atoms with E-state index < -0.39 is 41.7 Å². The predicted molar refractivity (Wildman–Crippen MR) is 134 cm³/mol. The molecule has 198 valence electrons. The first-order valence-electron chi connectivity index (χ1n) is 12.0. The van der Waals surface area contributed by atoms with Crippen LogP contribution in [0.3, 0.4) is 0 Å². The molecule has 2 aliphatic rings. The number of allylic oxidation sites excluding steroid dienone is 1. The highest BCUT2D eigenvalue weighted by atomic mass is 19.4. The van der Waals surface area contributed by atoms with E-state index in [1.807, 2.05) is 11.9 Å². The molecule has 4 atom stereocenters. The van der Waals surface area contributed by atoms with Crippen molar-refractivity contribution in [2.45, 2.75) is 31.2 Å². The molecule has 0 spiro atoms. The largest absolute Gasteiger partial charge is 0.417 e. The summed E-state index contributed by atoms with van der Waals surface area (Å²) in [4.78, 5) is 29.3. The molecule has 1 saturated heterocycles. The van der Waals surface area contributed by atoms with Gasteiger partial charge in [-0.2, -0.15) is 13.2 Å². The molecule has 0 unspecified atom stereocenters. The third kappa shape index (κ3) is 6.10. The Morgan fingerprint density at radius 1 is 1.27 bits per heavy atom. The fraction of sp³-hybridized carbons (Fsp3) is 0.423. The first-order chi connectivity index (χ1) is 17.5. The number of alkyl halides is 4. The van der Waals surface area contributed by atoms with E-state index in [0.29, 0.717) is 30.5 Å². The molecule has 2 heterocycles. The summed E-state index contributed by atoms with van der Waals surface area (Å²) in [6, 6.07) is 5.97. The number of carbonyl (C=O) groups excluding carboxylic acids is 2. The number of primary amides is 1. The number of benzene rings is 1. The molecule has 2 fully saturated rings. The number of nitrogens with two attached hydrogens (primary N) is 1. The molecular formula is C26H29F4N5O2. The Hall–Kier alpha value is -3.47. The number of nitrogens with one attached hydrogen (secondary N) is 2. The molecule has 4 N–H and O–H groups in total. The van der Waals surface area contributed by atoms with E-state index in [2.05, 4.69) is 22.2 Å². The Balaban J connectivity index is 1.60. The highest BCUT2D eigenvalue weighted by Gasteiger charge is 2.46. The lowest BCUT2D eigenvalue weighted by Crippen LogP contribution is -2.46. The normalized spacial score (nSPS) is 24.2. The van der Waals surface area contributed by atoms with Crippen LogP contribution in [0, 0.1) is 11.8 Å². The third-order valence-corrected chi connectivity index (χ3v) is 6.78.